The summed E-state index contributed by atoms with van der Waals surface area (Å²) < 4.78 is 1.90. The minimum atomic E-state index is 0.785. The average Bonchev–Trinajstić information content (AvgIpc) is 2.63. The molecule has 0 radical (unpaired) electrons. The van der Waals surface area contributed by atoms with Crippen molar-refractivity contribution in [3.05, 3.63) is 5.69 Å². The summed E-state index contributed by atoms with van der Waals surface area (Å²) in [5.41, 5.74) is 8.06. The average molecular weight is 264 g/mol. The number of rotatable bonds is 5. The summed E-state index contributed by atoms with van der Waals surface area (Å²) in [7, 11) is 1.97. The van der Waals surface area contributed by atoms with Crippen molar-refractivity contribution in [1.82, 2.24) is 9.78 Å². The largest absolute Gasteiger partial charge is 0.394 e. The Kier molecular flexibility index (Phi) is 4.72. The van der Waals surface area contributed by atoms with Gasteiger partial charge in [0.15, 0.2) is 0 Å². The SMILES string of the molecule is CCCc1nn(C)c(NCC2CCCC(C)C2)c1N. The minimum Gasteiger partial charge on any atom is -0.394 e. The van der Waals surface area contributed by atoms with E-state index < -0.39 is 0 Å². The van der Waals surface area contributed by atoms with Crippen molar-refractivity contribution in [1.29, 1.82) is 0 Å². The van der Waals surface area contributed by atoms with Crippen molar-refractivity contribution in [3.8, 4) is 0 Å². The maximum atomic E-state index is 6.19. The molecule has 1 heterocycles. The number of nitrogens with zero attached hydrogens (tertiary/aromatic N) is 2. The van der Waals surface area contributed by atoms with E-state index in [0.717, 1.165) is 48.4 Å². The van der Waals surface area contributed by atoms with Crippen LogP contribution in [0.2, 0.25) is 0 Å². The quantitative estimate of drug-likeness (QED) is 0.858. The molecule has 1 aliphatic carbocycles. The van der Waals surface area contributed by atoms with E-state index in [2.05, 4.69) is 24.3 Å². The lowest BCUT2D eigenvalue weighted by atomic mass is 9.82. The van der Waals surface area contributed by atoms with E-state index in [-0.39, 0.29) is 0 Å². The van der Waals surface area contributed by atoms with E-state index in [1.165, 1.54) is 25.7 Å². The van der Waals surface area contributed by atoms with Gasteiger partial charge in [0, 0.05) is 13.6 Å². The lowest BCUT2D eigenvalue weighted by Gasteiger charge is -2.27. The second-order valence-electron chi connectivity index (χ2n) is 6.10. The number of aryl methyl sites for hydroxylation is 2. The van der Waals surface area contributed by atoms with Gasteiger partial charge in [-0.1, -0.05) is 33.1 Å². The number of hydrogen-bond donors (Lipinski definition) is 2. The summed E-state index contributed by atoms with van der Waals surface area (Å²) >= 11 is 0. The zero-order chi connectivity index (χ0) is 13.8. The van der Waals surface area contributed by atoms with E-state index in [1.54, 1.807) is 0 Å². The standard InChI is InChI=1S/C15H28N4/c1-4-6-13-14(16)15(19(3)18-13)17-10-12-8-5-7-11(2)9-12/h11-12,17H,4-10,16H2,1-3H3. The molecule has 108 valence electrons. The molecule has 1 fully saturated rings. The predicted octanol–water partition coefficient (Wildman–Crippen LogP) is 3.19. The lowest BCUT2D eigenvalue weighted by Crippen LogP contribution is -2.22. The molecule has 4 nitrogen and oxygen atoms in total. The molecule has 1 saturated carbocycles. The third-order valence-corrected chi connectivity index (χ3v) is 4.25. The number of aromatic nitrogens is 2. The van der Waals surface area contributed by atoms with E-state index in [9.17, 15) is 0 Å². The highest BCUT2D eigenvalue weighted by Crippen LogP contribution is 2.30. The van der Waals surface area contributed by atoms with Crippen LogP contribution in [0.4, 0.5) is 11.5 Å². The summed E-state index contributed by atoms with van der Waals surface area (Å²) in [6.45, 7) is 5.55. The van der Waals surface area contributed by atoms with Crippen molar-refractivity contribution < 1.29 is 0 Å². The Bertz CT molecular complexity index is 411. The fourth-order valence-electron chi connectivity index (χ4n) is 3.21. The molecule has 0 saturated heterocycles. The number of nitrogen functional groups attached to an aromatic ring is 1. The van der Waals surface area contributed by atoms with Gasteiger partial charge >= 0.3 is 0 Å². The van der Waals surface area contributed by atoms with E-state index >= 15 is 0 Å². The third kappa shape index (κ3) is 3.43. The van der Waals surface area contributed by atoms with Crippen LogP contribution in [0.25, 0.3) is 0 Å². The van der Waals surface area contributed by atoms with Gasteiger partial charge in [-0.05, 0) is 31.1 Å². The predicted molar refractivity (Wildman–Crippen MR) is 81.2 cm³/mol. The van der Waals surface area contributed by atoms with Gasteiger partial charge in [-0.2, -0.15) is 5.10 Å². The Labute approximate surface area is 116 Å². The van der Waals surface area contributed by atoms with Crippen LogP contribution >= 0.6 is 0 Å². The highest BCUT2D eigenvalue weighted by Gasteiger charge is 2.20. The van der Waals surface area contributed by atoms with Crippen LogP contribution in [0.3, 0.4) is 0 Å². The molecule has 2 rings (SSSR count). The summed E-state index contributed by atoms with van der Waals surface area (Å²) in [6.07, 6.45) is 7.49. The molecule has 4 heteroatoms. The van der Waals surface area contributed by atoms with Gasteiger partial charge in [-0.15, -0.1) is 0 Å². The smallest absolute Gasteiger partial charge is 0.147 e. The lowest BCUT2D eigenvalue weighted by molar-refractivity contribution is 0.293. The molecule has 0 spiro atoms. The van der Waals surface area contributed by atoms with Crippen LogP contribution in [0.1, 0.15) is 51.6 Å². The number of nitrogens with two attached hydrogens (primary N) is 1. The van der Waals surface area contributed by atoms with Gasteiger partial charge in [0.1, 0.15) is 5.82 Å². The van der Waals surface area contributed by atoms with Gasteiger partial charge in [0.25, 0.3) is 0 Å². The van der Waals surface area contributed by atoms with E-state index in [0.29, 0.717) is 0 Å². The molecule has 2 unspecified atom stereocenters. The van der Waals surface area contributed by atoms with Gasteiger partial charge < -0.3 is 11.1 Å². The number of anilines is 2. The maximum Gasteiger partial charge on any atom is 0.147 e. The summed E-state index contributed by atoms with van der Waals surface area (Å²) in [6, 6.07) is 0. The molecule has 0 amide bonds. The molecular weight excluding hydrogens is 236 g/mol. The summed E-state index contributed by atoms with van der Waals surface area (Å²) in [4.78, 5) is 0. The zero-order valence-corrected chi connectivity index (χ0v) is 12.6. The first-order chi connectivity index (χ1) is 9.11. The highest BCUT2D eigenvalue weighted by molar-refractivity contribution is 5.65. The Hall–Kier alpha value is -1.19. The molecule has 0 aliphatic heterocycles. The fraction of sp³-hybridized carbons (Fsp3) is 0.800. The second-order valence-corrected chi connectivity index (χ2v) is 6.10. The van der Waals surface area contributed by atoms with Crippen LogP contribution in [-0.2, 0) is 13.5 Å². The molecule has 3 N–H and O–H groups in total. The molecule has 0 aromatic carbocycles. The van der Waals surface area contributed by atoms with E-state index in [1.807, 2.05) is 11.7 Å². The molecule has 19 heavy (non-hydrogen) atoms. The summed E-state index contributed by atoms with van der Waals surface area (Å²) in [5, 5.41) is 8.03. The Morgan fingerprint density at radius 1 is 1.42 bits per heavy atom. The van der Waals surface area contributed by atoms with Gasteiger partial charge in [0.2, 0.25) is 0 Å². The first-order valence-corrected chi connectivity index (χ1v) is 7.67. The fourth-order valence-corrected chi connectivity index (χ4v) is 3.21. The minimum absolute atomic E-state index is 0.785. The molecule has 1 aliphatic rings. The van der Waals surface area contributed by atoms with Crippen LogP contribution in [0, 0.1) is 11.8 Å². The number of nitrogens with one attached hydrogen (secondary N) is 1. The van der Waals surface area contributed by atoms with Gasteiger partial charge in [-0.3, -0.25) is 4.68 Å². The van der Waals surface area contributed by atoms with Crippen molar-refractivity contribution in [2.45, 2.75) is 52.4 Å². The van der Waals surface area contributed by atoms with Gasteiger partial charge in [0.05, 0.1) is 11.4 Å². The second kappa shape index (κ2) is 6.31. The first-order valence-electron chi connectivity index (χ1n) is 7.67. The van der Waals surface area contributed by atoms with Crippen molar-refractivity contribution in [3.63, 3.8) is 0 Å². The topological polar surface area (TPSA) is 55.9 Å². The Morgan fingerprint density at radius 3 is 2.89 bits per heavy atom. The molecule has 0 bridgehead atoms. The molecular formula is C15H28N4. The van der Waals surface area contributed by atoms with Crippen molar-refractivity contribution >= 4 is 11.5 Å². The normalized spacial score (nSPS) is 23.5. The monoisotopic (exact) mass is 264 g/mol. The third-order valence-electron chi connectivity index (χ3n) is 4.25. The molecule has 1 aromatic heterocycles. The molecule has 2 atom stereocenters. The maximum absolute atomic E-state index is 6.19. The van der Waals surface area contributed by atoms with Crippen LogP contribution in [-0.4, -0.2) is 16.3 Å². The number of hydrogen-bond acceptors (Lipinski definition) is 3. The zero-order valence-electron chi connectivity index (χ0n) is 12.6. The van der Waals surface area contributed by atoms with Crippen LogP contribution in [0.15, 0.2) is 0 Å². The summed E-state index contributed by atoms with van der Waals surface area (Å²) in [5.74, 6) is 2.66. The van der Waals surface area contributed by atoms with Crippen LogP contribution in [0.5, 0.6) is 0 Å². The first kappa shape index (κ1) is 14.2. The highest BCUT2D eigenvalue weighted by atomic mass is 15.3. The van der Waals surface area contributed by atoms with Crippen molar-refractivity contribution in [2.75, 3.05) is 17.6 Å². The van der Waals surface area contributed by atoms with Crippen molar-refractivity contribution in [2.24, 2.45) is 18.9 Å². The molecule has 1 aromatic rings. The Morgan fingerprint density at radius 2 is 2.21 bits per heavy atom. The Balaban J connectivity index is 1.95. The van der Waals surface area contributed by atoms with Crippen LogP contribution < -0.4 is 11.1 Å². The van der Waals surface area contributed by atoms with E-state index in [4.69, 9.17) is 5.73 Å². The van der Waals surface area contributed by atoms with Gasteiger partial charge in [-0.25, -0.2) is 0 Å².